The molecular formula is C20H26N4O4. The summed E-state index contributed by atoms with van der Waals surface area (Å²) in [7, 11) is 0. The van der Waals surface area contributed by atoms with Crippen molar-refractivity contribution in [3.8, 4) is 0 Å². The molecule has 0 atom stereocenters. The van der Waals surface area contributed by atoms with Crippen molar-refractivity contribution in [3.05, 3.63) is 59.7 Å². The number of rotatable bonds is 6. The molecule has 0 fully saturated rings. The van der Waals surface area contributed by atoms with Crippen molar-refractivity contribution in [1.82, 2.24) is 9.97 Å². The van der Waals surface area contributed by atoms with Gasteiger partial charge in [0, 0.05) is 17.6 Å². The Labute approximate surface area is 164 Å². The summed E-state index contributed by atoms with van der Waals surface area (Å²) in [6.07, 6.45) is 2.90. The highest BCUT2D eigenvalue weighted by Gasteiger charge is 2.20. The van der Waals surface area contributed by atoms with Crippen molar-refractivity contribution in [1.29, 1.82) is 0 Å². The average Bonchev–Trinajstić information content (AvgIpc) is 2.65. The second-order valence-corrected chi connectivity index (χ2v) is 5.54. The lowest BCUT2D eigenvalue weighted by Gasteiger charge is -2.07. The van der Waals surface area contributed by atoms with Crippen LogP contribution in [0, 0.1) is 13.8 Å². The minimum absolute atomic E-state index is 0.179. The van der Waals surface area contributed by atoms with Gasteiger partial charge in [-0.1, -0.05) is 6.07 Å². The number of carbonyl (C=O) groups excluding carboxylic acids is 2. The van der Waals surface area contributed by atoms with Crippen LogP contribution < -0.4 is 11.1 Å². The number of aromatic nitrogens is 2. The number of hydrogen-bond donors (Lipinski definition) is 2. The fourth-order valence-corrected chi connectivity index (χ4v) is 1.87. The zero-order chi connectivity index (χ0) is 20.9. The molecule has 8 nitrogen and oxygen atoms in total. The second kappa shape index (κ2) is 12.1. The maximum Gasteiger partial charge on any atom is 0.347 e. The number of nitrogens with zero attached hydrogens (tertiary/aromatic N) is 2. The van der Waals surface area contributed by atoms with Gasteiger partial charge in [0.05, 0.1) is 25.1 Å². The second-order valence-electron chi connectivity index (χ2n) is 5.54. The molecule has 0 saturated carbocycles. The van der Waals surface area contributed by atoms with Crippen LogP contribution in [-0.4, -0.2) is 35.1 Å². The van der Waals surface area contributed by atoms with E-state index in [1.807, 2.05) is 38.1 Å². The summed E-state index contributed by atoms with van der Waals surface area (Å²) in [5.41, 5.74) is 7.70. The van der Waals surface area contributed by atoms with E-state index in [1.54, 1.807) is 26.1 Å². The molecule has 0 aliphatic carbocycles. The van der Waals surface area contributed by atoms with Crippen molar-refractivity contribution in [2.75, 3.05) is 24.3 Å². The Morgan fingerprint density at radius 2 is 1.68 bits per heavy atom. The molecule has 0 aromatic carbocycles. The molecule has 2 heterocycles. The third-order valence-electron chi connectivity index (χ3n) is 3.18. The predicted molar refractivity (Wildman–Crippen MR) is 107 cm³/mol. The number of carbonyl (C=O) groups is 2. The van der Waals surface area contributed by atoms with Crippen LogP contribution in [0.1, 0.15) is 25.2 Å². The summed E-state index contributed by atoms with van der Waals surface area (Å²) in [5, 5.41) is 2.79. The van der Waals surface area contributed by atoms with Gasteiger partial charge in [0.2, 0.25) is 0 Å². The summed E-state index contributed by atoms with van der Waals surface area (Å²) in [6, 6.07) is 9.09. The summed E-state index contributed by atoms with van der Waals surface area (Å²) in [5.74, 6) is -0.937. The lowest BCUT2D eigenvalue weighted by atomic mass is 10.3. The summed E-state index contributed by atoms with van der Waals surface area (Å²) in [4.78, 5) is 31.5. The van der Waals surface area contributed by atoms with Gasteiger partial charge >= 0.3 is 11.9 Å². The molecule has 0 unspecified atom stereocenters. The van der Waals surface area contributed by atoms with Gasteiger partial charge in [0.1, 0.15) is 5.82 Å². The molecule has 2 aromatic heterocycles. The molecule has 3 N–H and O–H groups in total. The lowest BCUT2D eigenvalue weighted by molar-refractivity contribution is -0.146. The maximum absolute atomic E-state index is 11.7. The van der Waals surface area contributed by atoms with E-state index in [0.717, 1.165) is 17.1 Å². The van der Waals surface area contributed by atoms with Crippen LogP contribution in [0.15, 0.2) is 48.3 Å². The third-order valence-corrected chi connectivity index (χ3v) is 3.18. The molecule has 0 saturated heterocycles. The Balaban J connectivity index is 0.000000406. The van der Waals surface area contributed by atoms with Gasteiger partial charge < -0.3 is 20.5 Å². The van der Waals surface area contributed by atoms with Crippen molar-refractivity contribution in [3.63, 3.8) is 0 Å². The number of nitrogens with two attached hydrogens (primary N) is 1. The van der Waals surface area contributed by atoms with Crippen LogP contribution in [0.3, 0.4) is 0 Å². The van der Waals surface area contributed by atoms with Gasteiger partial charge in [-0.2, -0.15) is 0 Å². The summed E-state index contributed by atoms with van der Waals surface area (Å²) < 4.78 is 9.63. The standard InChI is InChI=1S/C14H18N2O4.C6H8N2/c1-4-19-13(17)11(14(18)20-5-2)9-15-12-8-6-7-10(3)16-12;1-5-2-3-6(7)4-8-5/h6-9H,4-5H2,1-3H3,(H,15,16);2-4H,7H2,1H3. The molecule has 0 aliphatic rings. The highest BCUT2D eigenvalue weighted by Crippen LogP contribution is 2.07. The number of nitrogens with one attached hydrogen (secondary N) is 1. The average molecular weight is 386 g/mol. The van der Waals surface area contributed by atoms with Crippen molar-refractivity contribution in [2.24, 2.45) is 0 Å². The minimum Gasteiger partial charge on any atom is -0.462 e. The van der Waals surface area contributed by atoms with Crippen LogP contribution in [0.4, 0.5) is 11.5 Å². The van der Waals surface area contributed by atoms with E-state index in [-0.39, 0.29) is 18.8 Å². The van der Waals surface area contributed by atoms with E-state index < -0.39 is 11.9 Å². The Bertz CT molecular complexity index is 763. The molecule has 2 rings (SSSR count). The molecule has 28 heavy (non-hydrogen) atoms. The van der Waals surface area contributed by atoms with Gasteiger partial charge in [0.15, 0.2) is 5.57 Å². The zero-order valence-electron chi connectivity index (χ0n) is 16.6. The number of aryl methyl sites for hydroxylation is 2. The summed E-state index contributed by atoms with van der Waals surface area (Å²) >= 11 is 0. The maximum atomic E-state index is 11.7. The normalized spacial score (nSPS) is 9.43. The zero-order valence-corrected chi connectivity index (χ0v) is 16.6. The number of esters is 2. The predicted octanol–water partition coefficient (Wildman–Crippen LogP) is 2.78. The molecule has 150 valence electrons. The monoisotopic (exact) mass is 386 g/mol. The minimum atomic E-state index is -0.730. The van der Waals surface area contributed by atoms with E-state index in [2.05, 4.69) is 15.3 Å². The van der Waals surface area contributed by atoms with E-state index in [9.17, 15) is 9.59 Å². The highest BCUT2D eigenvalue weighted by atomic mass is 16.6. The van der Waals surface area contributed by atoms with Crippen molar-refractivity contribution >= 4 is 23.4 Å². The number of anilines is 2. The van der Waals surface area contributed by atoms with Crippen LogP contribution >= 0.6 is 0 Å². The highest BCUT2D eigenvalue weighted by molar-refractivity contribution is 6.14. The van der Waals surface area contributed by atoms with E-state index in [4.69, 9.17) is 15.2 Å². The third kappa shape index (κ3) is 8.31. The number of nitrogen functional groups attached to an aromatic ring is 1. The van der Waals surface area contributed by atoms with Crippen LogP contribution in [0.5, 0.6) is 0 Å². The quantitative estimate of drug-likeness (QED) is 0.337. The smallest absolute Gasteiger partial charge is 0.347 e. The first-order valence-corrected chi connectivity index (χ1v) is 8.80. The number of hydrogen-bond acceptors (Lipinski definition) is 8. The molecule has 2 aromatic rings. The van der Waals surface area contributed by atoms with Gasteiger partial charge in [0.25, 0.3) is 0 Å². The largest absolute Gasteiger partial charge is 0.462 e. The molecule has 0 aliphatic heterocycles. The first-order chi connectivity index (χ1) is 13.4. The molecule has 0 spiro atoms. The first-order valence-electron chi connectivity index (χ1n) is 8.80. The molecule has 0 bridgehead atoms. The van der Waals surface area contributed by atoms with Gasteiger partial charge in [-0.15, -0.1) is 0 Å². The Morgan fingerprint density at radius 3 is 2.14 bits per heavy atom. The van der Waals surface area contributed by atoms with Crippen molar-refractivity contribution < 1.29 is 19.1 Å². The Morgan fingerprint density at radius 1 is 1.04 bits per heavy atom. The summed E-state index contributed by atoms with van der Waals surface area (Å²) in [6.45, 7) is 7.45. The van der Waals surface area contributed by atoms with Gasteiger partial charge in [-0.05, 0) is 52.0 Å². The van der Waals surface area contributed by atoms with Gasteiger partial charge in [-0.25, -0.2) is 14.6 Å². The van der Waals surface area contributed by atoms with E-state index in [0.29, 0.717) is 5.82 Å². The molecule has 8 heteroatoms. The lowest BCUT2D eigenvalue weighted by Crippen LogP contribution is -2.19. The van der Waals surface area contributed by atoms with Crippen LogP contribution in [0.2, 0.25) is 0 Å². The fraction of sp³-hybridized carbons (Fsp3) is 0.300. The first kappa shape index (κ1) is 22.6. The topological polar surface area (TPSA) is 116 Å². The Hall–Kier alpha value is -3.42. The van der Waals surface area contributed by atoms with E-state index in [1.165, 1.54) is 6.20 Å². The van der Waals surface area contributed by atoms with Crippen LogP contribution in [0.25, 0.3) is 0 Å². The number of pyridine rings is 2. The molecular weight excluding hydrogens is 360 g/mol. The van der Waals surface area contributed by atoms with Crippen molar-refractivity contribution in [2.45, 2.75) is 27.7 Å². The van der Waals surface area contributed by atoms with E-state index >= 15 is 0 Å². The number of ether oxygens (including phenoxy) is 2. The fourth-order valence-electron chi connectivity index (χ4n) is 1.87. The molecule has 0 amide bonds. The van der Waals surface area contributed by atoms with Gasteiger partial charge in [-0.3, -0.25) is 4.98 Å². The SMILES string of the molecule is CCOC(=O)C(=CNc1cccc(C)n1)C(=O)OCC.Cc1ccc(N)cn1. The molecule has 0 radical (unpaired) electrons. The van der Waals surface area contributed by atoms with Crippen LogP contribution in [-0.2, 0) is 19.1 Å². The Kier molecular flexibility index (Phi) is 9.74.